The third-order valence-electron chi connectivity index (χ3n) is 9.16. The minimum Gasteiger partial charge on any atom is -0.665 e. The van der Waals surface area contributed by atoms with Crippen LogP contribution in [0.1, 0.15) is 82.4 Å². The summed E-state index contributed by atoms with van der Waals surface area (Å²) in [5.41, 5.74) is 9.06. The molecule has 0 atom stereocenters. The van der Waals surface area contributed by atoms with Gasteiger partial charge in [-0.1, -0.05) is 101 Å². The van der Waals surface area contributed by atoms with Gasteiger partial charge in [0.05, 0.1) is 0 Å². The summed E-state index contributed by atoms with van der Waals surface area (Å²) in [4.78, 5) is 23.2. The average Bonchev–Trinajstić information content (AvgIpc) is 3.70. The number of likely N-dealkylation sites (tertiary alicyclic amines) is 2. The Morgan fingerprint density at radius 3 is 1.62 bits per heavy atom. The fourth-order valence-corrected chi connectivity index (χ4v) is 5.94. The maximum Gasteiger partial charge on any atom is 0.209 e. The van der Waals surface area contributed by atoms with Gasteiger partial charge in [0, 0.05) is 35.5 Å². The molecule has 4 aromatic rings. The second kappa shape index (κ2) is 44.8. The van der Waals surface area contributed by atoms with Crippen molar-refractivity contribution in [3.63, 3.8) is 0 Å². The Kier molecular flexibility index (Phi) is 47.0. The van der Waals surface area contributed by atoms with E-state index in [1.165, 1.54) is 126 Å². The number of nitrogens with two attached hydrogens (primary N) is 1. The molecule has 0 unspecified atom stereocenters. The van der Waals surface area contributed by atoms with Crippen molar-refractivity contribution in [1.82, 2.24) is 15.1 Å². The molecule has 1 spiro atoms. The van der Waals surface area contributed by atoms with Crippen LogP contribution in [0.15, 0.2) is 109 Å². The van der Waals surface area contributed by atoms with Crippen LogP contribution < -0.4 is 11.1 Å². The molecule has 3 aliphatic rings. The topological polar surface area (TPSA) is 98.9 Å². The Labute approximate surface area is 380 Å². The molecule has 1 amide bonds. The van der Waals surface area contributed by atoms with Gasteiger partial charge in [-0.05, 0) is 127 Å². The molecule has 3 fully saturated rings. The summed E-state index contributed by atoms with van der Waals surface area (Å²) in [5.74, 6) is -0.356. The number of halogens is 2. The van der Waals surface area contributed by atoms with Gasteiger partial charge in [0.15, 0.2) is 0 Å². The molecule has 7 rings (SSSR count). The van der Waals surface area contributed by atoms with Gasteiger partial charge >= 0.3 is 0 Å². The number of nitrogens with one attached hydrogen (secondary N) is 1. The van der Waals surface area contributed by atoms with Gasteiger partial charge in [0.2, 0.25) is 6.41 Å². The summed E-state index contributed by atoms with van der Waals surface area (Å²) >= 11 is 0. The maximum atomic E-state index is 11.9. The second-order valence-electron chi connectivity index (χ2n) is 13.4. The monoisotopic (exact) mass is 911 g/mol. The van der Waals surface area contributed by atoms with Crippen LogP contribution in [0.5, 0.6) is 0 Å². The number of amides is 1. The molecule has 60 heavy (non-hydrogen) atoms. The molecule has 1 radical (unpaired) electrons. The minimum atomic E-state index is -0.178. The summed E-state index contributed by atoms with van der Waals surface area (Å²) in [6.45, 7) is 19.5. The van der Waals surface area contributed by atoms with Crippen molar-refractivity contribution in [2.75, 3.05) is 53.4 Å². The van der Waals surface area contributed by atoms with Crippen LogP contribution in [0.3, 0.4) is 0 Å². The van der Waals surface area contributed by atoms with Gasteiger partial charge in [0.25, 0.3) is 0 Å². The van der Waals surface area contributed by atoms with Crippen LogP contribution in [-0.4, -0.2) is 81.2 Å². The zero-order chi connectivity index (χ0) is 43.7. The molecule has 7 nitrogen and oxygen atoms in total. The van der Waals surface area contributed by atoms with Crippen molar-refractivity contribution in [1.29, 1.82) is 0 Å². The van der Waals surface area contributed by atoms with Crippen LogP contribution in [-0.2, 0) is 44.8 Å². The number of aryl methyl sites for hydroxylation is 2. The average molecular weight is 912 g/mol. The van der Waals surface area contributed by atoms with E-state index in [0.29, 0.717) is 11.9 Å². The van der Waals surface area contributed by atoms with Gasteiger partial charge < -0.3 is 45.1 Å². The first-order valence-corrected chi connectivity index (χ1v) is 20.6. The summed E-state index contributed by atoms with van der Waals surface area (Å²) < 4.78 is 23.8. The van der Waals surface area contributed by atoms with Gasteiger partial charge in [0.1, 0.15) is 11.6 Å². The van der Waals surface area contributed by atoms with Gasteiger partial charge in [-0.2, -0.15) is 42.3 Å². The molecular weight excluding hydrogens is 835 g/mol. The molecule has 3 saturated heterocycles. The molecule has 0 saturated carbocycles. The fourth-order valence-electron chi connectivity index (χ4n) is 5.94. The van der Waals surface area contributed by atoms with Crippen LogP contribution in [0.2, 0.25) is 0 Å². The number of hydrogen-bond donors (Lipinski definition) is 3. The van der Waals surface area contributed by atoms with E-state index in [2.05, 4.69) is 74.1 Å². The predicted octanol–water partition coefficient (Wildman–Crippen LogP) is 10.4. The van der Waals surface area contributed by atoms with E-state index in [-0.39, 0.29) is 41.4 Å². The third kappa shape index (κ3) is 34.1. The summed E-state index contributed by atoms with van der Waals surface area (Å²) in [6.07, 6.45) is 12.3. The predicted molar refractivity (Wildman–Crippen MR) is 247 cm³/mol. The number of benzene rings is 4. The molecule has 3 heterocycles. The quantitative estimate of drug-likeness (QED) is 0.107. The molecule has 0 aliphatic carbocycles. The van der Waals surface area contributed by atoms with Crippen molar-refractivity contribution >= 4 is 12.9 Å². The van der Waals surface area contributed by atoms with Crippen molar-refractivity contribution in [3.8, 4) is 0 Å². The van der Waals surface area contributed by atoms with Gasteiger partial charge in [-0.15, -0.1) is 0 Å². The van der Waals surface area contributed by atoms with Crippen LogP contribution in [0.4, 0.5) is 8.78 Å². The number of carbonyl (C=O) groups is 1. The number of nitrogens with zero attached hydrogens (tertiary/aromatic N) is 2. The standard InChI is InChI=1S/C10H18N2O.C10H14.C8H8.2C6H5F.C5H11N.C2H6.CH5N.CHO2.CH3.Nb/c1-11-5-2-10(3-6-11)4-7-12(8-10)9-13;1-3-6-10-8-5-4-7-9(10)2;1-2-8-6-4-3-5-7-8;2*7-6-4-2-1-3-5-6;1-2-4-6-5-3-1;2*1-2;2-1-3;;/h9H,2-8H2,1H3;4-5,7-8H,3,6H2,1-2H3;3-6H,1-2H2;2*1-5H;6H,1-5H2;1-2H3;2H2,1H3;(H,2,3);1H3;/q;;-2;;;;;;2*-1;. The largest absolute Gasteiger partial charge is 0.665 e. The first-order chi connectivity index (χ1) is 28.2. The molecule has 4 aromatic carbocycles. The molecule has 0 bridgehead atoms. The van der Waals surface area contributed by atoms with Crippen molar-refractivity contribution in [3.05, 3.63) is 158 Å². The van der Waals surface area contributed by atoms with Crippen molar-refractivity contribution < 1.29 is 45.9 Å². The van der Waals surface area contributed by atoms with Crippen LogP contribution in [0.25, 0.3) is 0 Å². The first kappa shape index (κ1) is 62.9. The van der Waals surface area contributed by atoms with Crippen LogP contribution in [0, 0.1) is 44.4 Å². The minimum absolute atomic E-state index is 0. The summed E-state index contributed by atoms with van der Waals surface area (Å²) in [7, 11) is 3.68. The molecular formula is C50H76F2N4NbO3-4. The smallest absolute Gasteiger partial charge is 0.209 e. The fraction of sp³-hybridized carbons (Fsp3) is 0.440. The first-order valence-electron chi connectivity index (χ1n) is 20.6. The van der Waals surface area contributed by atoms with E-state index < -0.39 is 0 Å². The molecule has 337 valence electrons. The number of carbonyl (C=O) groups excluding carboxylic acids is 1. The van der Waals surface area contributed by atoms with E-state index in [1.807, 2.05) is 43.0 Å². The van der Waals surface area contributed by atoms with E-state index in [0.717, 1.165) is 25.9 Å². The van der Waals surface area contributed by atoms with Crippen molar-refractivity contribution in [2.45, 2.75) is 85.5 Å². The van der Waals surface area contributed by atoms with E-state index in [9.17, 15) is 13.6 Å². The normalized spacial score (nSPS) is 13.8. The summed E-state index contributed by atoms with van der Waals surface area (Å²) in [6, 6.07) is 35.4. The Morgan fingerprint density at radius 1 is 0.833 bits per heavy atom. The van der Waals surface area contributed by atoms with E-state index in [4.69, 9.17) is 9.90 Å². The van der Waals surface area contributed by atoms with Crippen molar-refractivity contribution in [2.24, 2.45) is 11.1 Å². The van der Waals surface area contributed by atoms with E-state index >= 15 is 0 Å². The zero-order valence-electron chi connectivity index (χ0n) is 37.7. The number of hydrogen-bond acceptors (Lipinski definition) is 5. The number of aliphatic hydroxyl groups excluding tert-OH is 1. The number of piperidine rings is 2. The molecule has 10 heteroatoms. The van der Waals surface area contributed by atoms with E-state index in [1.54, 1.807) is 36.4 Å². The van der Waals surface area contributed by atoms with Gasteiger partial charge in [-0.3, -0.25) is 4.79 Å². The Morgan fingerprint density at radius 2 is 1.30 bits per heavy atom. The molecule has 4 N–H and O–H groups in total. The molecule has 0 aromatic heterocycles. The Bertz CT molecular complexity index is 1410. The molecule has 3 aliphatic heterocycles. The number of rotatable bonds is 4. The zero-order valence-corrected chi connectivity index (χ0v) is 39.9. The van der Waals surface area contributed by atoms with Crippen LogP contribution >= 0.6 is 0 Å². The van der Waals surface area contributed by atoms with Gasteiger partial charge in [-0.25, -0.2) is 8.78 Å². The third-order valence-corrected chi connectivity index (χ3v) is 9.16. The SMILES string of the molecule is C1CCNCC1.CC.CCCc1ccccc1C.CN.CN1CCC2(CC1)CCN(C=O)C2.Fc1ccccc1.Fc1ccccc1.O=[C-]O.[CH2-]Cc1[c-]cccc1.[CH3-].[Nb]. The maximum absolute atomic E-state index is 11.9. The Hall–Kier alpha value is -3.70. The Balaban J connectivity index is -0.000000307. The summed E-state index contributed by atoms with van der Waals surface area (Å²) in [5, 5.41) is 10.0. The second-order valence-corrected chi connectivity index (χ2v) is 13.4.